The Morgan fingerprint density at radius 1 is 1.15 bits per heavy atom. The second-order valence-electron chi connectivity index (χ2n) is 7.54. The lowest BCUT2D eigenvalue weighted by molar-refractivity contribution is 0.0747. The highest BCUT2D eigenvalue weighted by atomic mass is 32.2. The molecule has 2 fully saturated rings. The van der Waals surface area contributed by atoms with Gasteiger partial charge in [-0.05, 0) is 56.2 Å². The van der Waals surface area contributed by atoms with Crippen LogP contribution in [0.4, 0.5) is 0 Å². The molecule has 144 valence electrons. The molecular weight excluding hydrogens is 348 g/mol. The molecule has 26 heavy (non-hydrogen) atoms. The zero-order valence-corrected chi connectivity index (χ0v) is 16.5. The van der Waals surface area contributed by atoms with E-state index in [9.17, 15) is 13.2 Å². The van der Waals surface area contributed by atoms with E-state index in [4.69, 9.17) is 0 Å². The van der Waals surface area contributed by atoms with Crippen molar-refractivity contribution in [3.63, 3.8) is 0 Å². The van der Waals surface area contributed by atoms with Gasteiger partial charge in [0.1, 0.15) is 0 Å². The summed E-state index contributed by atoms with van der Waals surface area (Å²) in [7, 11) is -3.53. The van der Waals surface area contributed by atoms with Crippen LogP contribution >= 0.6 is 0 Å². The topological polar surface area (TPSA) is 57.7 Å². The van der Waals surface area contributed by atoms with Gasteiger partial charge in [-0.1, -0.05) is 25.8 Å². The minimum Gasteiger partial charge on any atom is -0.338 e. The molecule has 3 rings (SSSR count). The molecule has 0 atom stereocenters. The number of carbonyl (C=O) groups excluding carboxylic acids is 1. The lowest BCUT2D eigenvalue weighted by Crippen LogP contribution is -2.34. The van der Waals surface area contributed by atoms with Crippen LogP contribution in [0.2, 0.25) is 0 Å². The van der Waals surface area contributed by atoms with Crippen molar-refractivity contribution in [3.8, 4) is 0 Å². The van der Waals surface area contributed by atoms with Crippen molar-refractivity contribution in [3.05, 3.63) is 29.8 Å². The van der Waals surface area contributed by atoms with Gasteiger partial charge in [0.25, 0.3) is 5.91 Å². The van der Waals surface area contributed by atoms with Gasteiger partial charge in [-0.15, -0.1) is 0 Å². The second kappa shape index (κ2) is 8.53. The number of benzene rings is 1. The molecule has 6 heteroatoms. The van der Waals surface area contributed by atoms with E-state index in [1.54, 1.807) is 28.6 Å². The van der Waals surface area contributed by atoms with E-state index >= 15 is 0 Å². The fourth-order valence-electron chi connectivity index (χ4n) is 3.56. The van der Waals surface area contributed by atoms with Crippen molar-refractivity contribution in [2.75, 3.05) is 26.2 Å². The van der Waals surface area contributed by atoms with Crippen LogP contribution in [0.25, 0.3) is 0 Å². The van der Waals surface area contributed by atoms with E-state index in [1.807, 2.05) is 4.90 Å². The quantitative estimate of drug-likeness (QED) is 0.729. The van der Waals surface area contributed by atoms with Gasteiger partial charge in [0.05, 0.1) is 4.90 Å². The number of carbonyl (C=O) groups is 1. The van der Waals surface area contributed by atoms with Gasteiger partial charge in [0, 0.05) is 31.7 Å². The Kier molecular flexibility index (Phi) is 6.35. The van der Waals surface area contributed by atoms with E-state index in [0.29, 0.717) is 24.6 Å². The third kappa shape index (κ3) is 4.65. The third-order valence-corrected chi connectivity index (χ3v) is 7.13. The van der Waals surface area contributed by atoms with Crippen LogP contribution in [-0.4, -0.2) is 49.7 Å². The standard InChI is InChI=1S/C20H30N2O3S/c1-2-12-21(16-17-10-11-17)20(23)18-8-7-9-19(15-18)26(24,25)22-13-5-3-4-6-14-22/h7-9,15,17H,2-6,10-14,16H2,1H3. The average Bonchev–Trinajstić information content (AvgIpc) is 3.47. The van der Waals surface area contributed by atoms with E-state index in [1.165, 1.54) is 12.8 Å². The number of rotatable bonds is 7. The summed E-state index contributed by atoms with van der Waals surface area (Å²) in [4.78, 5) is 15.1. The molecule has 2 aliphatic rings. The SMILES string of the molecule is CCCN(CC1CC1)C(=O)c1cccc(S(=O)(=O)N2CCCCCC2)c1. The summed E-state index contributed by atoms with van der Waals surface area (Å²) in [5.74, 6) is 0.571. The number of hydrogen-bond acceptors (Lipinski definition) is 3. The molecule has 0 N–H and O–H groups in total. The molecule has 1 aromatic rings. The van der Waals surface area contributed by atoms with Crippen molar-refractivity contribution in [1.82, 2.24) is 9.21 Å². The Bertz CT molecular complexity index is 720. The first kappa shape index (κ1) is 19.4. The molecule has 0 aromatic heterocycles. The van der Waals surface area contributed by atoms with Gasteiger partial charge in [0.2, 0.25) is 10.0 Å². The fraction of sp³-hybridized carbons (Fsp3) is 0.650. The van der Waals surface area contributed by atoms with Gasteiger partial charge in [-0.2, -0.15) is 4.31 Å². The van der Waals surface area contributed by atoms with Crippen molar-refractivity contribution < 1.29 is 13.2 Å². The minimum absolute atomic E-state index is 0.0494. The van der Waals surface area contributed by atoms with Gasteiger partial charge in [0.15, 0.2) is 0 Å². The number of hydrogen-bond donors (Lipinski definition) is 0. The zero-order chi connectivity index (χ0) is 18.6. The summed E-state index contributed by atoms with van der Waals surface area (Å²) >= 11 is 0. The normalized spacial score (nSPS) is 19.1. The monoisotopic (exact) mass is 378 g/mol. The summed E-state index contributed by atoms with van der Waals surface area (Å²) in [6.07, 6.45) is 7.26. The first-order valence-corrected chi connectivity index (χ1v) is 11.4. The highest BCUT2D eigenvalue weighted by molar-refractivity contribution is 7.89. The Balaban J connectivity index is 1.80. The summed E-state index contributed by atoms with van der Waals surface area (Å²) in [6, 6.07) is 6.61. The Hall–Kier alpha value is -1.40. The van der Waals surface area contributed by atoms with Crippen molar-refractivity contribution in [2.24, 2.45) is 5.92 Å². The van der Waals surface area contributed by atoms with Gasteiger partial charge < -0.3 is 4.90 Å². The number of nitrogens with zero attached hydrogens (tertiary/aromatic N) is 2. The molecule has 1 aliphatic carbocycles. The Morgan fingerprint density at radius 2 is 1.85 bits per heavy atom. The summed E-state index contributed by atoms with van der Waals surface area (Å²) < 4.78 is 27.6. The molecular formula is C20H30N2O3S. The van der Waals surface area contributed by atoms with E-state index in [0.717, 1.165) is 45.2 Å². The molecule has 1 heterocycles. The number of sulfonamides is 1. The van der Waals surface area contributed by atoms with E-state index in [-0.39, 0.29) is 10.8 Å². The predicted octanol–water partition coefficient (Wildman–Crippen LogP) is 3.51. The molecule has 0 radical (unpaired) electrons. The molecule has 0 spiro atoms. The van der Waals surface area contributed by atoms with Crippen LogP contribution in [0.5, 0.6) is 0 Å². The fourth-order valence-corrected chi connectivity index (χ4v) is 5.12. The maximum atomic E-state index is 13.0. The largest absolute Gasteiger partial charge is 0.338 e. The lowest BCUT2D eigenvalue weighted by atomic mass is 10.2. The molecule has 1 saturated heterocycles. The van der Waals surface area contributed by atoms with Gasteiger partial charge in [-0.3, -0.25) is 4.79 Å². The molecule has 0 bridgehead atoms. The second-order valence-corrected chi connectivity index (χ2v) is 9.48. The third-order valence-electron chi connectivity index (χ3n) is 5.24. The van der Waals surface area contributed by atoms with Crippen LogP contribution in [0.1, 0.15) is 62.2 Å². The van der Waals surface area contributed by atoms with Crippen LogP contribution in [0.3, 0.4) is 0 Å². The zero-order valence-electron chi connectivity index (χ0n) is 15.7. The smallest absolute Gasteiger partial charge is 0.253 e. The molecule has 1 aromatic carbocycles. The van der Waals surface area contributed by atoms with Crippen molar-refractivity contribution >= 4 is 15.9 Å². The molecule has 1 saturated carbocycles. The first-order chi connectivity index (χ1) is 12.5. The van der Waals surface area contributed by atoms with Crippen LogP contribution in [0, 0.1) is 5.92 Å². The summed E-state index contributed by atoms with van der Waals surface area (Å²) in [6.45, 7) is 4.72. The Morgan fingerprint density at radius 3 is 2.46 bits per heavy atom. The molecule has 1 amide bonds. The molecule has 0 unspecified atom stereocenters. The lowest BCUT2D eigenvalue weighted by Gasteiger charge is -2.23. The highest BCUT2D eigenvalue weighted by Gasteiger charge is 2.29. The van der Waals surface area contributed by atoms with Crippen LogP contribution in [-0.2, 0) is 10.0 Å². The summed E-state index contributed by atoms with van der Waals surface area (Å²) in [5, 5.41) is 0. The molecule has 5 nitrogen and oxygen atoms in total. The van der Waals surface area contributed by atoms with Gasteiger partial charge in [-0.25, -0.2) is 8.42 Å². The number of amides is 1. The molecule has 1 aliphatic heterocycles. The van der Waals surface area contributed by atoms with Crippen molar-refractivity contribution in [2.45, 2.75) is 56.8 Å². The van der Waals surface area contributed by atoms with Crippen LogP contribution in [0.15, 0.2) is 29.2 Å². The van der Waals surface area contributed by atoms with Crippen molar-refractivity contribution in [1.29, 1.82) is 0 Å². The maximum Gasteiger partial charge on any atom is 0.253 e. The average molecular weight is 379 g/mol. The maximum absolute atomic E-state index is 13.0. The Labute approximate surface area is 157 Å². The predicted molar refractivity (Wildman–Crippen MR) is 103 cm³/mol. The van der Waals surface area contributed by atoms with E-state index in [2.05, 4.69) is 6.92 Å². The minimum atomic E-state index is -3.53. The summed E-state index contributed by atoms with van der Waals surface area (Å²) in [5.41, 5.74) is 0.481. The van der Waals surface area contributed by atoms with Crippen LogP contribution < -0.4 is 0 Å². The van der Waals surface area contributed by atoms with E-state index < -0.39 is 10.0 Å². The first-order valence-electron chi connectivity index (χ1n) is 9.92. The van der Waals surface area contributed by atoms with Gasteiger partial charge >= 0.3 is 0 Å². The highest BCUT2D eigenvalue weighted by Crippen LogP contribution is 2.30.